The number of pyridine rings is 1. The Kier molecular flexibility index (Phi) is 4.73. The van der Waals surface area contributed by atoms with Crippen LogP contribution in [0.15, 0.2) is 36.5 Å². The number of fused-ring (bicyclic) bond motifs is 1. The summed E-state index contributed by atoms with van der Waals surface area (Å²) in [6.45, 7) is 1.22. The van der Waals surface area contributed by atoms with Crippen LogP contribution in [0.5, 0.6) is 0 Å². The van der Waals surface area contributed by atoms with E-state index in [9.17, 15) is 8.60 Å². The SMILES string of the molecule is CS(=O)CCNCc1cc(-c2ccc(F)cc2)cn2nnnc12. The fourth-order valence-corrected chi connectivity index (χ4v) is 2.71. The van der Waals surface area contributed by atoms with Crippen molar-refractivity contribution in [1.82, 2.24) is 25.4 Å². The zero-order chi connectivity index (χ0) is 16.2. The quantitative estimate of drug-likeness (QED) is 0.690. The highest BCUT2D eigenvalue weighted by Gasteiger charge is 2.09. The maximum absolute atomic E-state index is 13.1. The molecule has 0 saturated carbocycles. The van der Waals surface area contributed by atoms with Crippen molar-refractivity contribution in [2.75, 3.05) is 18.6 Å². The van der Waals surface area contributed by atoms with Gasteiger partial charge in [-0.3, -0.25) is 4.21 Å². The van der Waals surface area contributed by atoms with Crippen LogP contribution in [0.4, 0.5) is 4.39 Å². The van der Waals surface area contributed by atoms with Crippen molar-refractivity contribution in [3.63, 3.8) is 0 Å². The lowest BCUT2D eigenvalue weighted by Crippen LogP contribution is -2.20. The summed E-state index contributed by atoms with van der Waals surface area (Å²) in [4.78, 5) is 0. The molecular formula is C15H16FN5OS. The summed E-state index contributed by atoms with van der Waals surface area (Å²) in [6.07, 6.45) is 3.49. The lowest BCUT2D eigenvalue weighted by atomic mass is 10.1. The zero-order valence-electron chi connectivity index (χ0n) is 12.6. The second kappa shape index (κ2) is 6.93. The van der Waals surface area contributed by atoms with Crippen molar-refractivity contribution in [2.45, 2.75) is 6.54 Å². The molecule has 0 aliphatic carbocycles. The van der Waals surface area contributed by atoms with E-state index in [1.807, 2.05) is 12.3 Å². The lowest BCUT2D eigenvalue weighted by Gasteiger charge is -2.08. The van der Waals surface area contributed by atoms with Crippen LogP contribution in [0.1, 0.15) is 5.56 Å². The van der Waals surface area contributed by atoms with Gasteiger partial charge in [-0.25, -0.2) is 4.39 Å². The first-order valence-corrected chi connectivity index (χ1v) is 8.83. The van der Waals surface area contributed by atoms with E-state index in [-0.39, 0.29) is 5.82 Å². The Morgan fingerprint density at radius 2 is 2.04 bits per heavy atom. The molecule has 0 spiro atoms. The Hall–Kier alpha value is -2.19. The smallest absolute Gasteiger partial charge is 0.183 e. The molecule has 3 rings (SSSR count). The third-order valence-corrected chi connectivity index (χ3v) is 4.21. The van der Waals surface area contributed by atoms with E-state index in [1.165, 1.54) is 12.1 Å². The number of nitrogens with one attached hydrogen (secondary N) is 1. The van der Waals surface area contributed by atoms with E-state index < -0.39 is 10.8 Å². The van der Waals surface area contributed by atoms with Gasteiger partial charge in [-0.1, -0.05) is 12.1 Å². The minimum atomic E-state index is -0.823. The molecule has 1 unspecified atom stereocenters. The third kappa shape index (κ3) is 3.77. The van der Waals surface area contributed by atoms with Crippen molar-refractivity contribution in [1.29, 1.82) is 0 Å². The van der Waals surface area contributed by atoms with Crippen molar-refractivity contribution < 1.29 is 8.60 Å². The van der Waals surface area contributed by atoms with Gasteiger partial charge in [0.1, 0.15) is 5.82 Å². The molecule has 8 heteroatoms. The molecule has 2 aromatic heterocycles. The van der Waals surface area contributed by atoms with E-state index in [0.717, 1.165) is 16.7 Å². The third-order valence-electron chi connectivity index (χ3n) is 3.43. The van der Waals surface area contributed by atoms with Crippen LogP contribution in [0, 0.1) is 5.82 Å². The zero-order valence-corrected chi connectivity index (χ0v) is 13.4. The average Bonchev–Trinajstić information content (AvgIpc) is 3.00. The number of benzene rings is 1. The van der Waals surface area contributed by atoms with Crippen LogP contribution >= 0.6 is 0 Å². The van der Waals surface area contributed by atoms with Gasteiger partial charge >= 0.3 is 0 Å². The summed E-state index contributed by atoms with van der Waals surface area (Å²) in [6, 6.07) is 8.27. The minimum absolute atomic E-state index is 0.272. The van der Waals surface area contributed by atoms with E-state index >= 15 is 0 Å². The standard InChI is InChI=1S/C15H16FN5OS/c1-23(22)7-6-17-9-12-8-13(10-21-15(12)18-19-20-21)11-2-4-14(16)5-3-11/h2-5,8,10,17H,6-7,9H2,1H3. The Morgan fingerprint density at radius 1 is 1.26 bits per heavy atom. The fourth-order valence-electron chi connectivity index (χ4n) is 2.28. The summed E-state index contributed by atoms with van der Waals surface area (Å²) in [5.41, 5.74) is 3.39. The fraction of sp³-hybridized carbons (Fsp3) is 0.267. The molecule has 0 amide bonds. The molecule has 0 aliphatic heterocycles. The summed E-state index contributed by atoms with van der Waals surface area (Å²) < 4.78 is 25.8. The molecule has 0 saturated heterocycles. The lowest BCUT2D eigenvalue weighted by molar-refractivity contribution is 0.628. The topological polar surface area (TPSA) is 72.2 Å². The van der Waals surface area contributed by atoms with E-state index in [4.69, 9.17) is 0 Å². The predicted molar refractivity (Wildman–Crippen MR) is 86.8 cm³/mol. The summed E-state index contributed by atoms with van der Waals surface area (Å²) in [5, 5.41) is 14.9. The Bertz CT molecular complexity index is 834. The van der Waals surface area contributed by atoms with Gasteiger partial charge in [-0.15, -0.1) is 5.10 Å². The number of halogens is 1. The Labute approximate surface area is 135 Å². The molecule has 6 nitrogen and oxygen atoms in total. The first kappa shape index (κ1) is 15.7. The van der Waals surface area contributed by atoms with Crippen molar-refractivity contribution in [3.8, 4) is 11.1 Å². The van der Waals surface area contributed by atoms with Crippen LogP contribution in [0.25, 0.3) is 16.8 Å². The van der Waals surface area contributed by atoms with Gasteiger partial charge in [0.25, 0.3) is 0 Å². The average molecular weight is 333 g/mol. The van der Waals surface area contributed by atoms with Crippen LogP contribution in [-0.4, -0.2) is 42.8 Å². The Morgan fingerprint density at radius 3 is 2.78 bits per heavy atom. The second-order valence-electron chi connectivity index (χ2n) is 5.16. The number of rotatable bonds is 6. The van der Waals surface area contributed by atoms with Crippen LogP contribution < -0.4 is 5.32 Å². The van der Waals surface area contributed by atoms with E-state index in [0.29, 0.717) is 24.5 Å². The highest BCUT2D eigenvalue weighted by Crippen LogP contribution is 2.22. The first-order valence-electron chi connectivity index (χ1n) is 7.11. The second-order valence-corrected chi connectivity index (χ2v) is 6.72. The van der Waals surface area contributed by atoms with E-state index in [2.05, 4.69) is 20.8 Å². The van der Waals surface area contributed by atoms with Crippen molar-refractivity contribution in [3.05, 3.63) is 47.9 Å². The molecule has 0 aliphatic rings. The normalized spacial score (nSPS) is 12.6. The Balaban J connectivity index is 1.88. The molecular weight excluding hydrogens is 317 g/mol. The highest BCUT2D eigenvalue weighted by molar-refractivity contribution is 7.84. The maximum atomic E-state index is 13.1. The minimum Gasteiger partial charge on any atom is -0.312 e. The van der Waals surface area contributed by atoms with Gasteiger partial charge < -0.3 is 5.32 Å². The number of aromatic nitrogens is 4. The van der Waals surface area contributed by atoms with Gasteiger partial charge in [-0.2, -0.15) is 4.52 Å². The molecule has 0 fully saturated rings. The molecule has 23 heavy (non-hydrogen) atoms. The summed E-state index contributed by atoms with van der Waals surface area (Å²) in [7, 11) is -0.823. The number of nitrogens with zero attached hydrogens (tertiary/aromatic N) is 4. The molecule has 1 N–H and O–H groups in total. The number of hydrogen-bond donors (Lipinski definition) is 1. The van der Waals surface area contributed by atoms with Gasteiger partial charge in [-0.05, 0) is 34.2 Å². The van der Waals surface area contributed by atoms with Crippen molar-refractivity contribution in [2.24, 2.45) is 0 Å². The molecule has 120 valence electrons. The van der Waals surface area contributed by atoms with Gasteiger partial charge in [0.15, 0.2) is 5.65 Å². The molecule has 0 bridgehead atoms. The van der Waals surface area contributed by atoms with Crippen molar-refractivity contribution >= 4 is 16.4 Å². The molecule has 0 radical (unpaired) electrons. The molecule has 3 aromatic rings. The van der Waals surface area contributed by atoms with Crippen LogP contribution in [-0.2, 0) is 17.3 Å². The van der Waals surface area contributed by atoms with Gasteiger partial charge in [0.05, 0.1) is 0 Å². The number of tetrazole rings is 1. The summed E-state index contributed by atoms with van der Waals surface area (Å²) >= 11 is 0. The predicted octanol–water partition coefficient (Wildman–Crippen LogP) is 1.40. The van der Waals surface area contributed by atoms with Crippen LogP contribution in [0.3, 0.4) is 0 Å². The monoisotopic (exact) mass is 333 g/mol. The first-order chi connectivity index (χ1) is 11.1. The van der Waals surface area contributed by atoms with Gasteiger partial charge in [0.2, 0.25) is 0 Å². The highest BCUT2D eigenvalue weighted by atomic mass is 32.2. The van der Waals surface area contributed by atoms with E-state index in [1.54, 1.807) is 22.9 Å². The van der Waals surface area contributed by atoms with Crippen LogP contribution in [0.2, 0.25) is 0 Å². The maximum Gasteiger partial charge on any atom is 0.183 e. The molecule has 1 aromatic carbocycles. The molecule has 1 atom stereocenters. The largest absolute Gasteiger partial charge is 0.312 e. The summed E-state index contributed by atoms with van der Waals surface area (Å²) in [5.74, 6) is 0.325. The number of hydrogen-bond acceptors (Lipinski definition) is 5. The molecule has 2 heterocycles. The van der Waals surface area contributed by atoms with Gasteiger partial charge in [0, 0.05) is 53.2 Å².